The summed E-state index contributed by atoms with van der Waals surface area (Å²) >= 11 is 11.5. The van der Waals surface area contributed by atoms with Crippen LogP contribution in [0.4, 0.5) is 5.69 Å². The van der Waals surface area contributed by atoms with Crippen molar-refractivity contribution in [1.29, 1.82) is 0 Å². The summed E-state index contributed by atoms with van der Waals surface area (Å²) in [5.41, 5.74) is 10.0. The van der Waals surface area contributed by atoms with E-state index in [1.807, 2.05) is 43.4 Å². The summed E-state index contributed by atoms with van der Waals surface area (Å²) in [7, 11) is 2.03. The molecule has 0 aliphatic rings. The maximum atomic E-state index is 6.31. The Hall–Kier alpha value is -1.58. The van der Waals surface area contributed by atoms with Gasteiger partial charge in [0.15, 0.2) is 0 Å². The lowest BCUT2D eigenvalue weighted by Crippen LogP contribution is -2.25. The second kappa shape index (κ2) is 6.46. The Morgan fingerprint density at radius 2 is 1.90 bits per heavy atom. The summed E-state index contributed by atoms with van der Waals surface area (Å²) in [6.45, 7) is 4.17. The third-order valence-corrected chi connectivity index (χ3v) is 4.30. The normalized spacial score (nSPS) is 12.0. The van der Waals surface area contributed by atoms with Crippen molar-refractivity contribution in [2.45, 2.75) is 19.9 Å². The van der Waals surface area contributed by atoms with Gasteiger partial charge in [-0.1, -0.05) is 48.1 Å². The van der Waals surface area contributed by atoms with Crippen LogP contribution in [-0.4, -0.2) is 12.0 Å². The van der Waals surface area contributed by atoms with Crippen molar-refractivity contribution in [3.05, 3.63) is 64.2 Å². The predicted octanol–water partition coefficient (Wildman–Crippen LogP) is 4.48. The minimum absolute atomic E-state index is 0.119. The molecule has 2 N–H and O–H groups in total. The van der Waals surface area contributed by atoms with Gasteiger partial charge in [0.25, 0.3) is 0 Å². The fourth-order valence-corrected chi connectivity index (χ4v) is 2.84. The van der Waals surface area contributed by atoms with Crippen molar-refractivity contribution < 1.29 is 0 Å². The van der Waals surface area contributed by atoms with Gasteiger partial charge in [0.05, 0.1) is 6.04 Å². The van der Waals surface area contributed by atoms with E-state index in [1.165, 1.54) is 5.56 Å². The van der Waals surface area contributed by atoms with Crippen molar-refractivity contribution in [3.63, 3.8) is 0 Å². The summed E-state index contributed by atoms with van der Waals surface area (Å²) in [6, 6.07) is 14.1. The fraction of sp³-hybridized carbons (Fsp3) is 0.235. The first kappa shape index (κ1) is 15.8. The van der Waals surface area contributed by atoms with Gasteiger partial charge in [-0.15, -0.1) is 0 Å². The number of nitrogens with two attached hydrogens (primary N) is 1. The molecular formula is C17H19ClN2S. The van der Waals surface area contributed by atoms with E-state index in [2.05, 4.69) is 24.8 Å². The number of halogens is 1. The molecule has 0 aliphatic heterocycles. The molecule has 2 rings (SSSR count). The second-order valence-electron chi connectivity index (χ2n) is 5.19. The van der Waals surface area contributed by atoms with Crippen LogP contribution in [0.25, 0.3) is 0 Å². The van der Waals surface area contributed by atoms with Crippen LogP contribution in [-0.2, 0) is 0 Å². The molecule has 0 amide bonds. The van der Waals surface area contributed by atoms with Crippen molar-refractivity contribution in [1.82, 2.24) is 0 Å². The molecule has 1 atom stereocenters. The summed E-state index contributed by atoms with van der Waals surface area (Å²) < 4.78 is 0. The predicted molar refractivity (Wildman–Crippen MR) is 95.3 cm³/mol. The van der Waals surface area contributed by atoms with Crippen LogP contribution in [0.3, 0.4) is 0 Å². The summed E-state index contributed by atoms with van der Waals surface area (Å²) in [6.07, 6.45) is 0. The van der Waals surface area contributed by atoms with E-state index in [0.29, 0.717) is 4.99 Å². The van der Waals surface area contributed by atoms with Gasteiger partial charge in [0, 0.05) is 23.3 Å². The van der Waals surface area contributed by atoms with E-state index < -0.39 is 0 Å². The number of hydrogen-bond acceptors (Lipinski definition) is 2. The average Bonchev–Trinajstić information content (AvgIpc) is 2.45. The number of rotatable bonds is 4. The van der Waals surface area contributed by atoms with Crippen LogP contribution in [0.15, 0.2) is 42.5 Å². The highest BCUT2D eigenvalue weighted by Crippen LogP contribution is 2.32. The quantitative estimate of drug-likeness (QED) is 0.843. The van der Waals surface area contributed by atoms with Gasteiger partial charge in [-0.3, -0.25) is 0 Å². The summed E-state index contributed by atoms with van der Waals surface area (Å²) in [5.74, 6) is 0. The van der Waals surface area contributed by atoms with E-state index in [1.54, 1.807) is 0 Å². The molecule has 0 spiro atoms. The number of hydrogen-bond donors (Lipinski definition) is 1. The zero-order chi connectivity index (χ0) is 15.6. The molecule has 2 nitrogen and oxygen atoms in total. The third-order valence-electron chi connectivity index (χ3n) is 3.73. The minimum atomic E-state index is 0.119. The Kier molecular flexibility index (Phi) is 4.86. The number of nitrogens with zero attached hydrogens (tertiary/aromatic N) is 1. The van der Waals surface area contributed by atoms with Crippen LogP contribution in [0.2, 0.25) is 5.02 Å². The molecule has 1 unspecified atom stereocenters. The van der Waals surface area contributed by atoms with Gasteiger partial charge in [-0.2, -0.15) is 0 Å². The highest BCUT2D eigenvalue weighted by molar-refractivity contribution is 7.80. The lowest BCUT2D eigenvalue weighted by atomic mass is 10.0. The first-order valence-electron chi connectivity index (χ1n) is 6.79. The Balaban J connectivity index is 2.44. The fourth-order valence-electron chi connectivity index (χ4n) is 2.37. The van der Waals surface area contributed by atoms with Crippen molar-refractivity contribution >= 4 is 34.5 Å². The molecule has 4 heteroatoms. The van der Waals surface area contributed by atoms with Crippen molar-refractivity contribution in [2.24, 2.45) is 5.73 Å². The van der Waals surface area contributed by atoms with E-state index in [9.17, 15) is 0 Å². The topological polar surface area (TPSA) is 29.3 Å². The maximum Gasteiger partial charge on any atom is 0.106 e. The molecule has 0 heterocycles. The third kappa shape index (κ3) is 3.36. The molecule has 0 aliphatic carbocycles. The minimum Gasteiger partial charge on any atom is -0.389 e. The van der Waals surface area contributed by atoms with Crippen molar-refractivity contribution in [3.8, 4) is 0 Å². The van der Waals surface area contributed by atoms with Crippen LogP contribution >= 0.6 is 23.8 Å². The number of thiocarbonyl (C=S) groups is 1. The van der Waals surface area contributed by atoms with Gasteiger partial charge >= 0.3 is 0 Å². The maximum absolute atomic E-state index is 6.31. The number of benzene rings is 2. The molecule has 0 aromatic heterocycles. The zero-order valence-electron chi connectivity index (χ0n) is 12.4. The Bertz CT molecular complexity index is 670. The Labute approximate surface area is 136 Å². The van der Waals surface area contributed by atoms with Crippen LogP contribution in [0.5, 0.6) is 0 Å². The largest absolute Gasteiger partial charge is 0.389 e. The molecule has 0 saturated carbocycles. The van der Waals surface area contributed by atoms with E-state index in [0.717, 1.165) is 21.8 Å². The Morgan fingerprint density at radius 1 is 1.24 bits per heavy atom. The lowest BCUT2D eigenvalue weighted by Gasteiger charge is -2.30. The molecule has 0 saturated heterocycles. The smallest absolute Gasteiger partial charge is 0.106 e. The van der Waals surface area contributed by atoms with Gasteiger partial charge in [-0.05, 0) is 43.2 Å². The molecule has 21 heavy (non-hydrogen) atoms. The van der Waals surface area contributed by atoms with E-state index >= 15 is 0 Å². The SMILES string of the molecule is Cc1ccc(C(N)=S)c(N(C)C(C)c2ccccc2Cl)c1. The molecule has 0 bridgehead atoms. The van der Waals surface area contributed by atoms with Crippen LogP contribution in [0.1, 0.15) is 29.7 Å². The standard InChI is InChI=1S/C17H19ClN2S/c1-11-8-9-14(17(19)21)16(10-11)20(3)12(2)13-6-4-5-7-15(13)18/h4-10,12H,1-3H3,(H2,19,21). The van der Waals surface area contributed by atoms with Crippen LogP contribution in [0, 0.1) is 6.92 Å². The zero-order valence-corrected chi connectivity index (χ0v) is 14.0. The molecule has 0 radical (unpaired) electrons. The Morgan fingerprint density at radius 3 is 2.52 bits per heavy atom. The summed E-state index contributed by atoms with van der Waals surface area (Å²) in [4.78, 5) is 2.56. The highest BCUT2D eigenvalue weighted by atomic mass is 35.5. The first-order valence-corrected chi connectivity index (χ1v) is 7.58. The monoisotopic (exact) mass is 318 g/mol. The van der Waals surface area contributed by atoms with Crippen LogP contribution < -0.4 is 10.6 Å². The van der Waals surface area contributed by atoms with Gasteiger partial charge in [0.2, 0.25) is 0 Å². The molecule has 0 fully saturated rings. The van der Waals surface area contributed by atoms with E-state index in [4.69, 9.17) is 29.6 Å². The van der Waals surface area contributed by atoms with Gasteiger partial charge in [-0.25, -0.2) is 0 Å². The second-order valence-corrected chi connectivity index (χ2v) is 6.04. The number of anilines is 1. The molecule has 2 aromatic rings. The van der Waals surface area contributed by atoms with E-state index in [-0.39, 0.29) is 6.04 Å². The number of aryl methyl sites for hydroxylation is 1. The molecule has 2 aromatic carbocycles. The first-order chi connectivity index (χ1) is 9.91. The van der Waals surface area contributed by atoms with Crippen molar-refractivity contribution in [2.75, 3.05) is 11.9 Å². The molecular weight excluding hydrogens is 300 g/mol. The average molecular weight is 319 g/mol. The van der Waals surface area contributed by atoms with Gasteiger partial charge in [0.1, 0.15) is 4.99 Å². The molecule has 110 valence electrons. The highest BCUT2D eigenvalue weighted by Gasteiger charge is 2.18. The summed E-state index contributed by atoms with van der Waals surface area (Å²) in [5, 5.41) is 0.765. The van der Waals surface area contributed by atoms with Gasteiger partial charge < -0.3 is 10.6 Å². The lowest BCUT2D eigenvalue weighted by molar-refractivity contribution is 0.739.